The summed E-state index contributed by atoms with van der Waals surface area (Å²) in [4.78, 5) is 33.1. The fraction of sp³-hybridized carbons (Fsp3) is 0.449. The number of hydrogen-bond donors (Lipinski definition) is 1. The van der Waals surface area contributed by atoms with Crippen molar-refractivity contribution in [1.29, 1.82) is 0 Å². The molecule has 322 valence electrons. The highest BCUT2D eigenvalue weighted by Crippen LogP contribution is 2.40. The zero-order valence-electron chi connectivity index (χ0n) is 36.9. The molecule has 0 bridgehead atoms. The molecule has 2 fully saturated rings. The Morgan fingerprint density at radius 2 is 1.51 bits per heavy atom. The molecular weight excluding hydrogens is 781 g/mol. The Morgan fingerprint density at radius 3 is 2.16 bits per heavy atom. The average molecular weight is 843 g/mol. The first kappa shape index (κ1) is 42.5. The van der Waals surface area contributed by atoms with E-state index in [0.717, 1.165) is 52.9 Å². The van der Waals surface area contributed by atoms with Crippen LogP contribution in [-0.2, 0) is 22.1 Å². The van der Waals surface area contributed by atoms with Gasteiger partial charge in [-0.25, -0.2) is 4.79 Å². The molecule has 4 aromatic carbocycles. The number of anilines is 2. The summed E-state index contributed by atoms with van der Waals surface area (Å²) in [5.74, 6) is 1.07. The minimum absolute atomic E-state index is 0.234. The van der Waals surface area contributed by atoms with Gasteiger partial charge in [-0.1, -0.05) is 106 Å². The predicted molar refractivity (Wildman–Crippen MR) is 246 cm³/mol. The van der Waals surface area contributed by atoms with Gasteiger partial charge in [0.2, 0.25) is 0 Å². The highest BCUT2D eigenvalue weighted by molar-refractivity contribution is 6.99. The van der Waals surface area contributed by atoms with Gasteiger partial charge in [-0.15, -0.1) is 0 Å². The summed E-state index contributed by atoms with van der Waals surface area (Å²) in [6.07, 6.45) is 2.57. The number of aromatic hydroxyl groups is 1. The largest absolute Gasteiger partial charge is 0.508 e. The van der Waals surface area contributed by atoms with E-state index in [9.17, 15) is 9.90 Å². The van der Waals surface area contributed by atoms with E-state index in [-0.39, 0.29) is 22.9 Å². The number of aromatic nitrogens is 2. The molecule has 0 aliphatic carbocycles. The third kappa shape index (κ3) is 8.94. The second-order valence-corrected chi connectivity index (χ2v) is 23.3. The van der Waals surface area contributed by atoms with Gasteiger partial charge < -0.3 is 38.6 Å². The van der Waals surface area contributed by atoms with Gasteiger partial charge in [-0.05, 0) is 80.5 Å². The number of carbonyl (C=O) groups excluding carboxylic acids is 1. The Balaban J connectivity index is 1.20. The van der Waals surface area contributed by atoms with Crippen LogP contribution < -0.4 is 24.9 Å². The Morgan fingerprint density at radius 1 is 0.820 bits per heavy atom. The van der Waals surface area contributed by atoms with Crippen molar-refractivity contribution in [2.75, 3.05) is 62.8 Å². The standard InChI is InChI=1S/C49H62N6O5Si/c1-48(2,3)60-47(57)54-27-28-55(37(31-54)34-59-61(49(4,5)6,39-19-10-8-11-20-39)40-21-12-9-13-22-40)45-42-24-26-53(44-30-38(56)29-35-17-14-15-23-41(35)44)32-43(42)50-46(51-45)58-33-36-18-16-25-52(36)7/h8-15,17,19-23,29-30,36-37,56H,16,18,24-28,31-34H2,1-7H3/t36-,37?/m0/s1. The first-order chi connectivity index (χ1) is 29.2. The first-order valence-electron chi connectivity index (χ1n) is 21.9. The predicted octanol–water partition coefficient (Wildman–Crippen LogP) is 7.37. The zero-order valence-corrected chi connectivity index (χ0v) is 37.9. The molecule has 2 saturated heterocycles. The van der Waals surface area contributed by atoms with E-state index < -0.39 is 13.9 Å². The number of phenols is 1. The van der Waals surface area contributed by atoms with Crippen LogP contribution in [0.2, 0.25) is 5.04 Å². The van der Waals surface area contributed by atoms with Crippen LogP contribution in [0.5, 0.6) is 11.8 Å². The molecular formula is C49H62N6O5Si. The summed E-state index contributed by atoms with van der Waals surface area (Å²) in [7, 11) is -0.798. The van der Waals surface area contributed by atoms with E-state index in [2.05, 4.69) is 109 Å². The molecule has 0 saturated carbocycles. The van der Waals surface area contributed by atoms with Crippen molar-refractivity contribution in [3.63, 3.8) is 0 Å². The maximum Gasteiger partial charge on any atom is 0.410 e. The Hall–Kier alpha value is -5.17. The lowest BCUT2D eigenvalue weighted by Gasteiger charge is -2.47. The number of benzene rings is 4. The number of likely N-dealkylation sites (tertiary alicyclic amines) is 1. The number of nitrogens with zero attached hydrogens (tertiary/aromatic N) is 6. The van der Waals surface area contributed by atoms with Crippen LogP contribution in [0.1, 0.15) is 65.6 Å². The number of carbonyl (C=O) groups is 1. The molecule has 61 heavy (non-hydrogen) atoms. The van der Waals surface area contributed by atoms with E-state index in [1.807, 2.05) is 56.0 Å². The van der Waals surface area contributed by atoms with Gasteiger partial charge in [-0.3, -0.25) is 0 Å². The number of ether oxygens (including phenoxy) is 2. The van der Waals surface area contributed by atoms with Crippen LogP contribution in [0.25, 0.3) is 10.8 Å². The lowest BCUT2D eigenvalue weighted by atomic mass is 10.0. The maximum atomic E-state index is 13.8. The van der Waals surface area contributed by atoms with Crippen molar-refractivity contribution in [3.8, 4) is 11.8 Å². The van der Waals surface area contributed by atoms with E-state index in [1.165, 1.54) is 10.4 Å². The normalized spacial score (nSPS) is 19.0. The van der Waals surface area contributed by atoms with Gasteiger partial charge in [0, 0.05) is 54.9 Å². The molecule has 1 amide bonds. The summed E-state index contributed by atoms with van der Waals surface area (Å²) in [5, 5.41) is 15.1. The topological polar surface area (TPSA) is 104 Å². The molecule has 3 aliphatic heterocycles. The molecule has 1 aromatic heterocycles. The van der Waals surface area contributed by atoms with Crippen molar-refractivity contribution in [1.82, 2.24) is 19.8 Å². The summed E-state index contributed by atoms with van der Waals surface area (Å²) < 4.78 is 20.1. The lowest BCUT2D eigenvalue weighted by Crippen LogP contribution is -2.68. The Labute approximate surface area is 362 Å². The Kier molecular flexibility index (Phi) is 12.1. The van der Waals surface area contributed by atoms with Crippen LogP contribution in [-0.4, -0.2) is 110 Å². The number of hydrogen-bond acceptors (Lipinski definition) is 10. The smallest absolute Gasteiger partial charge is 0.410 e. The number of rotatable bonds is 10. The number of phenolic OH excluding ortho intramolecular Hbond substituents is 1. The van der Waals surface area contributed by atoms with Crippen LogP contribution in [0.4, 0.5) is 16.3 Å². The number of fused-ring (bicyclic) bond motifs is 2. The minimum atomic E-state index is -2.95. The monoisotopic (exact) mass is 842 g/mol. The van der Waals surface area contributed by atoms with Crippen molar-refractivity contribution in [2.45, 2.75) is 90.1 Å². The van der Waals surface area contributed by atoms with Crippen LogP contribution in [0.15, 0.2) is 97.1 Å². The lowest BCUT2D eigenvalue weighted by molar-refractivity contribution is 0.0199. The third-order valence-electron chi connectivity index (χ3n) is 12.6. The second kappa shape index (κ2) is 17.3. The first-order valence-corrected chi connectivity index (χ1v) is 23.8. The van der Waals surface area contributed by atoms with Gasteiger partial charge in [0.15, 0.2) is 0 Å². The highest BCUT2D eigenvalue weighted by atomic mass is 28.4. The van der Waals surface area contributed by atoms with Gasteiger partial charge in [0.1, 0.15) is 23.8 Å². The maximum absolute atomic E-state index is 13.8. The van der Waals surface area contributed by atoms with E-state index in [4.69, 9.17) is 23.9 Å². The van der Waals surface area contributed by atoms with Crippen LogP contribution >= 0.6 is 0 Å². The van der Waals surface area contributed by atoms with Crippen molar-refractivity contribution in [2.24, 2.45) is 0 Å². The summed E-state index contributed by atoms with van der Waals surface area (Å²) in [6, 6.07) is 33.6. The minimum Gasteiger partial charge on any atom is -0.508 e. The zero-order chi connectivity index (χ0) is 42.9. The molecule has 1 N–H and O–H groups in total. The molecule has 0 spiro atoms. The molecule has 1 unspecified atom stereocenters. The summed E-state index contributed by atoms with van der Waals surface area (Å²) >= 11 is 0. The number of piperazine rings is 1. The molecule has 5 aromatic rings. The average Bonchev–Trinajstić information content (AvgIpc) is 3.66. The SMILES string of the molecule is CN1CCC[C@H]1COc1nc2c(c(N3CCN(C(=O)OC(C)(C)C)CC3CO[Si](c3ccccc3)(c3ccccc3)C(C)(C)C)n1)CCN(c1cc(O)cc3ccccc13)C2. The van der Waals surface area contributed by atoms with Crippen molar-refractivity contribution >= 4 is 47.1 Å². The van der Waals surface area contributed by atoms with Gasteiger partial charge in [0.25, 0.3) is 8.32 Å². The number of likely N-dealkylation sites (N-methyl/N-ethyl adjacent to an activating group) is 1. The highest BCUT2D eigenvalue weighted by Gasteiger charge is 2.51. The third-order valence-corrected chi connectivity index (χ3v) is 17.6. The van der Waals surface area contributed by atoms with E-state index in [0.29, 0.717) is 64.4 Å². The van der Waals surface area contributed by atoms with Crippen molar-refractivity contribution < 1.29 is 23.8 Å². The van der Waals surface area contributed by atoms with Crippen LogP contribution in [0.3, 0.4) is 0 Å². The summed E-state index contributed by atoms with van der Waals surface area (Å²) in [5.41, 5.74) is 2.32. The quantitative estimate of drug-likeness (QED) is 0.144. The van der Waals surface area contributed by atoms with Gasteiger partial charge in [0.05, 0.1) is 24.9 Å². The van der Waals surface area contributed by atoms with Gasteiger partial charge >= 0.3 is 12.1 Å². The van der Waals surface area contributed by atoms with Crippen molar-refractivity contribution in [3.05, 3.63) is 108 Å². The molecule has 8 rings (SSSR count). The molecule has 12 heteroatoms. The molecule has 2 atom stereocenters. The molecule has 11 nitrogen and oxygen atoms in total. The second-order valence-electron chi connectivity index (χ2n) is 18.9. The van der Waals surface area contributed by atoms with E-state index >= 15 is 0 Å². The fourth-order valence-electron chi connectivity index (χ4n) is 9.55. The Bertz CT molecular complexity index is 2280. The van der Waals surface area contributed by atoms with Gasteiger partial charge in [-0.2, -0.15) is 9.97 Å². The molecule has 3 aliphatic rings. The molecule has 0 radical (unpaired) electrons. The molecule has 4 heterocycles. The summed E-state index contributed by atoms with van der Waals surface area (Å²) in [6.45, 7) is 17.1. The van der Waals surface area contributed by atoms with Crippen LogP contribution in [0, 0.1) is 0 Å². The van der Waals surface area contributed by atoms with E-state index in [1.54, 1.807) is 0 Å². The fourth-order valence-corrected chi connectivity index (χ4v) is 14.1. The number of amides is 1.